The number of hydrogen-bond donors (Lipinski definition) is 2. The van der Waals surface area contributed by atoms with Crippen molar-refractivity contribution in [2.45, 2.75) is 226 Å². The molecule has 2 heteroatoms. The molecule has 0 bridgehead atoms. The van der Waals surface area contributed by atoms with E-state index in [2.05, 4.69) is 98.8 Å². The molecule has 0 atom stereocenters. The lowest BCUT2D eigenvalue weighted by atomic mass is 9.94. The van der Waals surface area contributed by atoms with Crippen molar-refractivity contribution in [1.82, 2.24) is 0 Å². The minimum Gasteiger partial charge on any atom is -0.399 e. The molecule has 0 saturated heterocycles. The highest BCUT2D eigenvalue weighted by Crippen LogP contribution is 2.24. The maximum Gasteiger partial charge on any atom is 0.0316 e. The van der Waals surface area contributed by atoms with Crippen LogP contribution in [0.5, 0.6) is 0 Å². The predicted molar refractivity (Wildman–Crippen MR) is 271 cm³/mol. The van der Waals surface area contributed by atoms with Gasteiger partial charge in [-0.1, -0.05) is 222 Å². The summed E-state index contributed by atoms with van der Waals surface area (Å²) in [6, 6.07) is 32.0. The minimum atomic E-state index is 0.897. The molecular formula is C59H90N2. The molecule has 0 fully saturated rings. The van der Waals surface area contributed by atoms with Crippen molar-refractivity contribution in [3.8, 4) is 0 Å². The fourth-order valence-electron chi connectivity index (χ4n) is 9.34. The van der Waals surface area contributed by atoms with Crippen LogP contribution in [0.3, 0.4) is 0 Å². The molecule has 0 aromatic heterocycles. The van der Waals surface area contributed by atoms with Crippen LogP contribution < -0.4 is 11.5 Å². The van der Waals surface area contributed by atoms with Gasteiger partial charge in [0.1, 0.15) is 0 Å². The molecule has 0 spiro atoms. The number of benzene rings is 4. The second kappa shape index (κ2) is 32.2. The van der Waals surface area contributed by atoms with Gasteiger partial charge in [0.2, 0.25) is 0 Å². The summed E-state index contributed by atoms with van der Waals surface area (Å²) in [4.78, 5) is 0. The lowest BCUT2D eigenvalue weighted by molar-refractivity contribution is 0.525. The second-order valence-electron chi connectivity index (χ2n) is 18.9. The standard InChI is InChI=1S/C59H90N2/c1-3-5-7-22-28-32-54-48-58(60)44-42-56(54)46-52-38-34-50(35-39-52)30-26-24-20-18-16-14-12-10-9-11-13-15-17-19-21-25-27-31-51-36-40-53(41-37-51)47-57-43-45-59(61)49-55(57)33-29-23-8-6-4-2/h34-45,48-49H,3-33,46-47,60-61H2,1-2H3. The van der Waals surface area contributed by atoms with Gasteiger partial charge in [0.15, 0.2) is 0 Å². The molecule has 4 aromatic carbocycles. The highest BCUT2D eigenvalue weighted by molar-refractivity contribution is 5.47. The van der Waals surface area contributed by atoms with Gasteiger partial charge < -0.3 is 11.5 Å². The van der Waals surface area contributed by atoms with Crippen LogP contribution >= 0.6 is 0 Å². The maximum absolute atomic E-state index is 6.16. The largest absolute Gasteiger partial charge is 0.399 e. The zero-order chi connectivity index (χ0) is 43.0. The Morgan fingerprint density at radius 2 is 0.525 bits per heavy atom. The SMILES string of the molecule is CCCCCCCc1cc(N)ccc1Cc1ccc(CCCCCCCCCCCCCCCCCCCc2ccc(Cc3ccc(N)cc3CCCCCCC)cc2)cc1. The van der Waals surface area contributed by atoms with Gasteiger partial charge in [0, 0.05) is 11.4 Å². The van der Waals surface area contributed by atoms with Crippen LogP contribution in [-0.4, -0.2) is 0 Å². The van der Waals surface area contributed by atoms with Crippen molar-refractivity contribution in [2.24, 2.45) is 0 Å². The zero-order valence-electron chi connectivity index (χ0n) is 39.6. The summed E-state index contributed by atoms with van der Waals surface area (Å²) in [5.74, 6) is 0. The average Bonchev–Trinajstić information content (AvgIpc) is 3.27. The smallest absolute Gasteiger partial charge is 0.0316 e. The van der Waals surface area contributed by atoms with E-state index in [1.54, 1.807) is 0 Å². The average molecular weight is 827 g/mol. The van der Waals surface area contributed by atoms with E-state index >= 15 is 0 Å². The Labute approximate surface area is 376 Å². The van der Waals surface area contributed by atoms with Crippen LogP contribution in [0.2, 0.25) is 0 Å². The van der Waals surface area contributed by atoms with Gasteiger partial charge in [-0.15, -0.1) is 0 Å². The van der Waals surface area contributed by atoms with Crippen LogP contribution in [0, 0.1) is 0 Å². The normalized spacial score (nSPS) is 11.4. The first-order valence-electron chi connectivity index (χ1n) is 25.9. The number of nitrogen functional groups attached to an aromatic ring is 2. The highest BCUT2D eigenvalue weighted by atomic mass is 14.5. The summed E-state index contributed by atoms with van der Waals surface area (Å²) in [5, 5.41) is 0. The van der Waals surface area contributed by atoms with Gasteiger partial charge in [0.05, 0.1) is 0 Å². The number of anilines is 2. The van der Waals surface area contributed by atoms with E-state index in [0.717, 1.165) is 37.1 Å². The third-order valence-electron chi connectivity index (χ3n) is 13.3. The third kappa shape index (κ3) is 22.4. The summed E-state index contributed by atoms with van der Waals surface area (Å²) >= 11 is 0. The van der Waals surface area contributed by atoms with Crippen molar-refractivity contribution in [1.29, 1.82) is 0 Å². The van der Waals surface area contributed by atoms with Crippen molar-refractivity contribution in [2.75, 3.05) is 11.5 Å². The van der Waals surface area contributed by atoms with Crippen LogP contribution in [0.15, 0.2) is 84.9 Å². The van der Waals surface area contributed by atoms with E-state index in [0.29, 0.717) is 0 Å². The van der Waals surface area contributed by atoms with E-state index in [4.69, 9.17) is 11.5 Å². The molecule has 0 aliphatic rings. The second-order valence-corrected chi connectivity index (χ2v) is 18.9. The quantitative estimate of drug-likeness (QED) is 0.0354. The fraction of sp³-hybridized carbons (Fsp3) is 0.593. The summed E-state index contributed by atoms with van der Waals surface area (Å²) in [6.07, 6.45) is 43.9. The number of aryl methyl sites for hydroxylation is 4. The van der Waals surface area contributed by atoms with Crippen molar-refractivity contribution in [3.63, 3.8) is 0 Å². The minimum absolute atomic E-state index is 0.897. The Morgan fingerprint density at radius 3 is 0.836 bits per heavy atom. The van der Waals surface area contributed by atoms with Gasteiger partial charge in [-0.25, -0.2) is 0 Å². The predicted octanol–water partition coefficient (Wildman–Crippen LogP) is 17.5. The molecule has 336 valence electrons. The Morgan fingerprint density at radius 1 is 0.262 bits per heavy atom. The molecule has 4 aromatic rings. The first kappa shape index (κ1) is 50.1. The number of hydrogen-bond acceptors (Lipinski definition) is 2. The van der Waals surface area contributed by atoms with Crippen LogP contribution in [0.25, 0.3) is 0 Å². The molecule has 0 aliphatic heterocycles. The molecule has 0 saturated carbocycles. The lowest BCUT2D eigenvalue weighted by Gasteiger charge is -2.12. The highest BCUT2D eigenvalue weighted by Gasteiger charge is 2.08. The first-order valence-corrected chi connectivity index (χ1v) is 25.9. The Kier molecular flexibility index (Phi) is 26.5. The summed E-state index contributed by atoms with van der Waals surface area (Å²) in [6.45, 7) is 4.57. The topological polar surface area (TPSA) is 52.0 Å². The van der Waals surface area contributed by atoms with E-state index in [1.165, 1.54) is 231 Å². The number of nitrogens with two attached hydrogens (primary N) is 2. The van der Waals surface area contributed by atoms with Crippen molar-refractivity contribution < 1.29 is 0 Å². The van der Waals surface area contributed by atoms with E-state index in [9.17, 15) is 0 Å². The molecule has 0 amide bonds. The van der Waals surface area contributed by atoms with Gasteiger partial charge in [0.25, 0.3) is 0 Å². The molecule has 0 radical (unpaired) electrons. The Bertz CT molecular complexity index is 1540. The Hall–Kier alpha value is -3.52. The molecule has 4 rings (SSSR count). The first-order chi connectivity index (χ1) is 30.0. The molecule has 0 aliphatic carbocycles. The van der Waals surface area contributed by atoms with Crippen LogP contribution in [-0.2, 0) is 38.5 Å². The van der Waals surface area contributed by atoms with Crippen molar-refractivity contribution >= 4 is 11.4 Å². The molecule has 0 heterocycles. The zero-order valence-corrected chi connectivity index (χ0v) is 39.6. The van der Waals surface area contributed by atoms with E-state index in [-0.39, 0.29) is 0 Å². The summed E-state index contributed by atoms with van der Waals surface area (Å²) in [5.41, 5.74) is 25.7. The van der Waals surface area contributed by atoms with Gasteiger partial charge in [-0.3, -0.25) is 0 Å². The molecular weight excluding hydrogens is 737 g/mol. The third-order valence-corrected chi connectivity index (χ3v) is 13.3. The maximum atomic E-state index is 6.16. The van der Waals surface area contributed by atoms with Gasteiger partial charge in [-0.05, 0) is 133 Å². The van der Waals surface area contributed by atoms with Gasteiger partial charge in [-0.2, -0.15) is 0 Å². The number of unbranched alkanes of at least 4 members (excludes halogenated alkanes) is 24. The monoisotopic (exact) mass is 827 g/mol. The van der Waals surface area contributed by atoms with Gasteiger partial charge >= 0.3 is 0 Å². The lowest BCUT2D eigenvalue weighted by Crippen LogP contribution is -1.99. The van der Waals surface area contributed by atoms with Crippen molar-refractivity contribution in [3.05, 3.63) is 129 Å². The summed E-state index contributed by atoms with van der Waals surface area (Å²) in [7, 11) is 0. The van der Waals surface area contributed by atoms with Crippen LogP contribution in [0.4, 0.5) is 11.4 Å². The Balaban J connectivity index is 0.915. The molecule has 2 nitrogen and oxygen atoms in total. The molecule has 61 heavy (non-hydrogen) atoms. The van der Waals surface area contributed by atoms with E-state index in [1.807, 2.05) is 0 Å². The molecule has 4 N–H and O–H groups in total. The number of rotatable bonds is 36. The molecule has 0 unspecified atom stereocenters. The fourth-order valence-corrected chi connectivity index (χ4v) is 9.34. The summed E-state index contributed by atoms with van der Waals surface area (Å²) < 4.78 is 0. The van der Waals surface area contributed by atoms with Crippen LogP contribution in [0.1, 0.15) is 232 Å². The van der Waals surface area contributed by atoms with E-state index < -0.39 is 0 Å².